The molecule has 1 rings (SSSR count). The molecule has 0 aliphatic carbocycles. The van der Waals surface area contributed by atoms with E-state index in [4.69, 9.17) is 0 Å². The Hall–Kier alpha value is -0.820. The van der Waals surface area contributed by atoms with Gasteiger partial charge in [-0.1, -0.05) is 96.0 Å². The maximum atomic E-state index is 3.63. The summed E-state index contributed by atoms with van der Waals surface area (Å²) in [6.45, 7) is 10.4. The van der Waals surface area contributed by atoms with Gasteiger partial charge in [-0.15, -0.1) is 0 Å². The summed E-state index contributed by atoms with van der Waals surface area (Å²) in [7, 11) is 0. The van der Waals surface area contributed by atoms with Crippen LogP contribution in [0, 0.1) is 5.41 Å². The smallest absolute Gasteiger partial charge is 0.0207 e. The molecular formula is C22H39N. The van der Waals surface area contributed by atoms with Crippen LogP contribution in [0.3, 0.4) is 0 Å². The van der Waals surface area contributed by atoms with Crippen LogP contribution in [0.5, 0.6) is 0 Å². The Morgan fingerprint density at radius 1 is 0.826 bits per heavy atom. The van der Waals surface area contributed by atoms with Crippen LogP contribution in [0.15, 0.2) is 30.3 Å². The second-order valence-electron chi connectivity index (χ2n) is 8.34. The first-order chi connectivity index (χ1) is 11.0. The Morgan fingerprint density at radius 2 is 1.39 bits per heavy atom. The summed E-state index contributed by atoms with van der Waals surface area (Å²) in [4.78, 5) is 0. The summed E-state index contributed by atoms with van der Waals surface area (Å²) in [5, 5.41) is 3.63. The average molecular weight is 318 g/mol. The van der Waals surface area contributed by atoms with Gasteiger partial charge in [0.1, 0.15) is 0 Å². The molecule has 1 aromatic rings. The number of rotatable bonds is 12. The maximum Gasteiger partial charge on any atom is 0.0207 e. The fourth-order valence-electron chi connectivity index (χ4n) is 2.98. The van der Waals surface area contributed by atoms with Crippen molar-refractivity contribution < 1.29 is 0 Å². The second kappa shape index (κ2) is 11.7. The molecule has 0 saturated carbocycles. The number of benzene rings is 1. The maximum absolute atomic E-state index is 3.63. The van der Waals surface area contributed by atoms with Gasteiger partial charge >= 0.3 is 0 Å². The molecule has 0 aromatic heterocycles. The fraction of sp³-hybridized carbons (Fsp3) is 0.727. The standard InChI is InChI=1S/C22H39N/c1-20(23-19-21-16-12-10-13-17-21)15-11-8-6-5-7-9-14-18-22(2,3)4/h10,12-13,16-17,20,23H,5-9,11,14-15,18-19H2,1-4H3. The minimum Gasteiger partial charge on any atom is -0.310 e. The van der Waals surface area contributed by atoms with E-state index in [1.165, 1.54) is 63.4 Å². The molecule has 23 heavy (non-hydrogen) atoms. The number of hydrogen-bond donors (Lipinski definition) is 1. The highest BCUT2D eigenvalue weighted by atomic mass is 14.9. The van der Waals surface area contributed by atoms with Gasteiger partial charge in [-0.25, -0.2) is 0 Å². The van der Waals surface area contributed by atoms with E-state index in [1.54, 1.807) is 0 Å². The van der Waals surface area contributed by atoms with Gasteiger partial charge in [0.05, 0.1) is 0 Å². The zero-order valence-corrected chi connectivity index (χ0v) is 16.0. The third-order valence-corrected chi connectivity index (χ3v) is 4.56. The molecule has 0 heterocycles. The Labute approximate surface area is 145 Å². The second-order valence-corrected chi connectivity index (χ2v) is 8.34. The summed E-state index contributed by atoms with van der Waals surface area (Å²) in [6, 6.07) is 11.3. The molecule has 1 nitrogen and oxygen atoms in total. The van der Waals surface area contributed by atoms with E-state index in [2.05, 4.69) is 63.3 Å². The predicted octanol–water partition coefficient (Wildman–Crippen LogP) is 6.72. The highest BCUT2D eigenvalue weighted by Gasteiger charge is 2.08. The topological polar surface area (TPSA) is 12.0 Å². The first-order valence-electron chi connectivity index (χ1n) is 9.75. The largest absolute Gasteiger partial charge is 0.310 e. The van der Waals surface area contributed by atoms with Gasteiger partial charge in [0.2, 0.25) is 0 Å². The van der Waals surface area contributed by atoms with Crippen LogP contribution < -0.4 is 5.32 Å². The van der Waals surface area contributed by atoms with Crippen molar-refractivity contribution in [2.45, 2.75) is 98.1 Å². The van der Waals surface area contributed by atoms with E-state index in [1.807, 2.05) is 0 Å². The van der Waals surface area contributed by atoms with E-state index >= 15 is 0 Å². The normalized spacial score (nSPS) is 13.2. The SMILES string of the molecule is CC(CCCCCCCCCC(C)(C)C)NCc1ccccc1. The van der Waals surface area contributed by atoms with Crippen LogP contribution in [0.1, 0.15) is 91.0 Å². The van der Waals surface area contributed by atoms with Gasteiger partial charge in [-0.3, -0.25) is 0 Å². The van der Waals surface area contributed by atoms with Gasteiger partial charge in [0.25, 0.3) is 0 Å². The van der Waals surface area contributed by atoms with Crippen LogP contribution in [0.25, 0.3) is 0 Å². The van der Waals surface area contributed by atoms with Crippen LogP contribution in [0.2, 0.25) is 0 Å². The lowest BCUT2D eigenvalue weighted by atomic mass is 9.89. The van der Waals surface area contributed by atoms with Crippen molar-refractivity contribution in [1.29, 1.82) is 0 Å². The summed E-state index contributed by atoms with van der Waals surface area (Å²) >= 11 is 0. The number of hydrogen-bond acceptors (Lipinski definition) is 1. The third-order valence-electron chi connectivity index (χ3n) is 4.56. The van der Waals surface area contributed by atoms with Crippen molar-refractivity contribution in [3.05, 3.63) is 35.9 Å². The Morgan fingerprint density at radius 3 is 2.00 bits per heavy atom. The van der Waals surface area contributed by atoms with E-state index in [0.29, 0.717) is 11.5 Å². The van der Waals surface area contributed by atoms with Gasteiger partial charge < -0.3 is 5.32 Å². The molecule has 1 N–H and O–H groups in total. The highest BCUT2D eigenvalue weighted by Crippen LogP contribution is 2.22. The first kappa shape index (κ1) is 20.2. The van der Waals surface area contributed by atoms with Crippen molar-refractivity contribution in [3.63, 3.8) is 0 Å². The summed E-state index contributed by atoms with van der Waals surface area (Å²) < 4.78 is 0. The summed E-state index contributed by atoms with van der Waals surface area (Å²) in [6.07, 6.45) is 12.5. The number of nitrogens with one attached hydrogen (secondary N) is 1. The minimum absolute atomic E-state index is 0.517. The summed E-state index contributed by atoms with van der Waals surface area (Å²) in [5.74, 6) is 0. The zero-order chi connectivity index (χ0) is 17.0. The molecule has 1 atom stereocenters. The lowest BCUT2D eigenvalue weighted by molar-refractivity contribution is 0.356. The van der Waals surface area contributed by atoms with Crippen molar-refractivity contribution in [2.24, 2.45) is 5.41 Å². The van der Waals surface area contributed by atoms with Crippen LogP contribution in [-0.4, -0.2) is 6.04 Å². The lowest BCUT2D eigenvalue weighted by Crippen LogP contribution is -2.25. The Kier molecular flexibility index (Phi) is 10.3. The minimum atomic E-state index is 0.517. The fourth-order valence-corrected chi connectivity index (χ4v) is 2.98. The van der Waals surface area contributed by atoms with Gasteiger partial charge in [-0.2, -0.15) is 0 Å². The molecule has 0 radical (unpaired) electrons. The van der Waals surface area contributed by atoms with E-state index in [-0.39, 0.29) is 0 Å². The van der Waals surface area contributed by atoms with Crippen molar-refractivity contribution in [3.8, 4) is 0 Å². The number of unbranched alkanes of at least 4 members (excludes halogenated alkanes) is 6. The summed E-state index contributed by atoms with van der Waals surface area (Å²) in [5.41, 5.74) is 1.90. The predicted molar refractivity (Wildman–Crippen MR) is 104 cm³/mol. The van der Waals surface area contributed by atoms with Crippen molar-refractivity contribution in [1.82, 2.24) is 5.32 Å². The molecule has 1 aromatic carbocycles. The molecule has 1 heteroatoms. The molecule has 0 spiro atoms. The van der Waals surface area contributed by atoms with Gasteiger partial charge in [0, 0.05) is 12.6 Å². The van der Waals surface area contributed by atoms with E-state index in [0.717, 1.165) is 6.54 Å². The zero-order valence-electron chi connectivity index (χ0n) is 16.0. The molecule has 1 unspecified atom stereocenters. The van der Waals surface area contributed by atoms with Crippen molar-refractivity contribution >= 4 is 0 Å². The Balaban J connectivity index is 1.88. The molecule has 0 fully saturated rings. The van der Waals surface area contributed by atoms with Gasteiger partial charge in [0.15, 0.2) is 0 Å². The average Bonchev–Trinajstić information content (AvgIpc) is 2.51. The quantitative estimate of drug-likeness (QED) is 0.422. The first-order valence-corrected chi connectivity index (χ1v) is 9.75. The highest BCUT2D eigenvalue weighted by molar-refractivity contribution is 5.14. The van der Waals surface area contributed by atoms with E-state index in [9.17, 15) is 0 Å². The monoisotopic (exact) mass is 317 g/mol. The van der Waals surface area contributed by atoms with Crippen LogP contribution in [0.4, 0.5) is 0 Å². The molecule has 132 valence electrons. The lowest BCUT2D eigenvalue weighted by Gasteiger charge is -2.17. The third kappa shape index (κ3) is 12.3. The van der Waals surface area contributed by atoms with Crippen molar-refractivity contribution in [2.75, 3.05) is 0 Å². The molecular weight excluding hydrogens is 278 g/mol. The molecule has 0 bridgehead atoms. The van der Waals surface area contributed by atoms with Gasteiger partial charge in [-0.05, 0) is 30.7 Å². The molecule has 0 aliphatic heterocycles. The molecule has 0 aliphatic rings. The Bertz CT molecular complexity index is 377. The van der Waals surface area contributed by atoms with Crippen LogP contribution in [-0.2, 0) is 6.54 Å². The molecule has 0 amide bonds. The van der Waals surface area contributed by atoms with Crippen LogP contribution >= 0.6 is 0 Å². The molecule has 0 saturated heterocycles. The van der Waals surface area contributed by atoms with E-state index < -0.39 is 0 Å².